The number of aryl methyl sites for hydroxylation is 3. The van der Waals surface area contributed by atoms with Crippen molar-refractivity contribution in [1.82, 2.24) is 24.2 Å². The minimum absolute atomic E-state index is 0.0482. The minimum Gasteiger partial charge on any atom is -0.333 e. The molecule has 0 spiro atoms. The van der Waals surface area contributed by atoms with Gasteiger partial charge in [-0.05, 0) is 38.2 Å². The van der Waals surface area contributed by atoms with Gasteiger partial charge in [0, 0.05) is 38.2 Å². The second-order valence-corrected chi connectivity index (χ2v) is 7.11. The Bertz CT molecular complexity index is 721. The van der Waals surface area contributed by atoms with Crippen LogP contribution in [0.4, 0.5) is 0 Å². The summed E-state index contributed by atoms with van der Waals surface area (Å²) < 4.78 is 4.01. The van der Waals surface area contributed by atoms with Crippen LogP contribution in [0, 0.1) is 12.8 Å². The Kier molecular flexibility index (Phi) is 3.90. The molecule has 1 saturated carbocycles. The maximum Gasteiger partial charge on any atom is 0.274 e. The summed E-state index contributed by atoms with van der Waals surface area (Å²) in [6.45, 7) is 3.69. The van der Waals surface area contributed by atoms with Crippen LogP contribution in [0.2, 0.25) is 0 Å². The molecule has 0 N–H and O–H groups in total. The molecule has 0 aromatic carbocycles. The summed E-state index contributed by atoms with van der Waals surface area (Å²) >= 11 is 0. The van der Waals surface area contributed by atoms with Crippen molar-refractivity contribution in [2.75, 3.05) is 6.54 Å². The number of nitrogens with zero attached hydrogens (tertiary/aromatic N) is 5. The number of hydrogen-bond donors (Lipinski definition) is 0. The van der Waals surface area contributed by atoms with Crippen molar-refractivity contribution in [3.8, 4) is 0 Å². The highest BCUT2D eigenvalue weighted by molar-refractivity contribution is 5.92. The van der Waals surface area contributed by atoms with Gasteiger partial charge in [-0.2, -0.15) is 5.10 Å². The molecule has 2 aliphatic rings. The second-order valence-electron chi connectivity index (χ2n) is 7.11. The summed E-state index contributed by atoms with van der Waals surface area (Å²) in [7, 11) is 1.88. The van der Waals surface area contributed by atoms with E-state index in [0.717, 1.165) is 31.0 Å². The number of rotatable bonds is 2. The molecule has 2 aromatic rings. The number of fused-ring (bicyclic) bond motifs is 1. The van der Waals surface area contributed by atoms with Crippen molar-refractivity contribution in [2.45, 2.75) is 51.6 Å². The third-order valence-corrected chi connectivity index (χ3v) is 5.59. The molecule has 6 heteroatoms. The van der Waals surface area contributed by atoms with Crippen LogP contribution in [-0.4, -0.2) is 36.7 Å². The number of carbonyl (C=O) groups excluding carboxylic acids is 1. The molecular weight excluding hydrogens is 302 g/mol. The molecular formula is C18H25N5O. The van der Waals surface area contributed by atoms with Crippen LogP contribution < -0.4 is 0 Å². The first-order chi connectivity index (χ1) is 11.6. The quantitative estimate of drug-likeness (QED) is 0.852. The lowest BCUT2D eigenvalue weighted by Gasteiger charge is -2.33. The number of hydrogen-bond acceptors (Lipinski definition) is 3. The standard InChI is InChI=1S/C18H25N5O/c1-13-12-15(20-21(13)2)18(24)23-10-5-9-22-11-8-19-17(22)16(23)14-6-3-4-7-14/h8,11-12,14,16H,3-7,9-10H2,1-2H3. The molecule has 0 saturated heterocycles. The number of aromatic nitrogens is 4. The topological polar surface area (TPSA) is 56.0 Å². The summed E-state index contributed by atoms with van der Waals surface area (Å²) in [5, 5.41) is 4.42. The monoisotopic (exact) mass is 327 g/mol. The Morgan fingerprint density at radius 3 is 2.71 bits per heavy atom. The predicted molar refractivity (Wildman–Crippen MR) is 90.5 cm³/mol. The van der Waals surface area contributed by atoms with Gasteiger partial charge in [0.1, 0.15) is 5.82 Å². The third-order valence-electron chi connectivity index (χ3n) is 5.59. The number of imidazole rings is 1. The molecule has 0 radical (unpaired) electrons. The van der Waals surface area contributed by atoms with Crippen molar-refractivity contribution in [3.05, 3.63) is 35.7 Å². The van der Waals surface area contributed by atoms with Gasteiger partial charge in [-0.3, -0.25) is 9.48 Å². The van der Waals surface area contributed by atoms with Crippen LogP contribution in [0.3, 0.4) is 0 Å². The zero-order chi connectivity index (χ0) is 16.7. The molecule has 1 aliphatic heterocycles. The van der Waals surface area contributed by atoms with Crippen molar-refractivity contribution < 1.29 is 4.79 Å². The number of amides is 1. The van der Waals surface area contributed by atoms with Gasteiger partial charge in [0.05, 0.1) is 6.04 Å². The predicted octanol–water partition coefficient (Wildman–Crippen LogP) is 2.70. The summed E-state index contributed by atoms with van der Waals surface area (Å²) in [5.41, 5.74) is 1.56. The Balaban J connectivity index is 1.72. The SMILES string of the molecule is Cc1cc(C(=O)N2CCCn3ccnc3C2C2CCCC2)nn1C. The third kappa shape index (κ3) is 2.54. The van der Waals surface area contributed by atoms with Gasteiger partial charge < -0.3 is 9.47 Å². The molecule has 1 unspecified atom stereocenters. The summed E-state index contributed by atoms with van der Waals surface area (Å²) in [6, 6.07) is 1.98. The van der Waals surface area contributed by atoms with E-state index in [1.807, 2.05) is 31.1 Å². The van der Waals surface area contributed by atoms with E-state index in [1.165, 1.54) is 25.7 Å². The van der Waals surface area contributed by atoms with Crippen molar-refractivity contribution >= 4 is 5.91 Å². The average Bonchev–Trinajstić information content (AvgIpc) is 3.29. The molecule has 6 nitrogen and oxygen atoms in total. The van der Waals surface area contributed by atoms with E-state index in [2.05, 4.69) is 20.8 Å². The highest BCUT2D eigenvalue weighted by atomic mass is 16.2. The molecule has 4 rings (SSSR count). The number of carbonyl (C=O) groups is 1. The average molecular weight is 327 g/mol. The second kappa shape index (κ2) is 6.07. The van der Waals surface area contributed by atoms with Crippen LogP contribution in [0.15, 0.2) is 18.5 Å². The summed E-state index contributed by atoms with van der Waals surface area (Å²) in [6.07, 6.45) is 9.76. The highest BCUT2D eigenvalue weighted by Crippen LogP contribution is 2.40. The fourth-order valence-electron chi connectivity index (χ4n) is 4.24. The van der Waals surface area contributed by atoms with E-state index < -0.39 is 0 Å². The van der Waals surface area contributed by atoms with Gasteiger partial charge in [0.25, 0.3) is 5.91 Å². The molecule has 3 heterocycles. The highest BCUT2D eigenvalue weighted by Gasteiger charge is 2.38. The normalized spacial score (nSPS) is 21.8. The fourth-order valence-corrected chi connectivity index (χ4v) is 4.24. The molecule has 24 heavy (non-hydrogen) atoms. The van der Waals surface area contributed by atoms with Gasteiger partial charge in [0.15, 0.2) is 5.69 Å². The van der Waals surface area contributed by atoms with E-state index in [9.17, 15) is 4.79 Å². The Hall–Kier alpha value is -2.11. The summed E-state index contributed by atoms with van der Waals surface area (Å²) in [4.78, 5) is 19.9. The first-order valence-corrected chi connectivity index (χ1v) is 8.98. The zero-order valence-corrected chi connectivity index (χ0v) is 14.5. The molecule has 1 aliphatic carbocycles. The first-order valence-electron chi connectivity index (χ1n) is 8.98. The van der Waals surface area contributed by atoms with Crippen LogP contribution in [-0.2, 0) is 13.6 Å². The maximum absolute atomic E-state index is 13.2. The van der Waals surface area contributed by atoms with E-state index >= 15 is 0 Å². The minimum atomic E-state index is 0.0482. The van der Waals surface area contributed by atoms with Gasteiger partial charge >= 0.3 is 0 Å². The lowest BCUT2D eigenvalue weighted by molar-refractivity contribution is 0.0596. The molecule has 1 fully saturated rings. The fraction of sp³-hybridized carbons (Fsp3) is 0.611. The zero-order valence-electron chi connectivity index (χ0n) is 14.5. The van der Waals surface area contributed by atoms with Gasteiger partial charge in [-0.25, -0.2) is 4.98 Å². The molecule has 1 atom stereocenters. The Morgan fingerprint density at radius 2 is 2.00 bits per heavy atom. The molecule has 128 valence electrons. The van der Waals surface area contributed by atoms with Gasteiger partial charge in [0.2, 0.25) is 0 Å². The van der Waals surface area contributed by atoms with Crippen molar-refractivity contribution in [1.29, 1.82) is 0 Å². The van der Waals surface area contributed by atoms with E-state index in [0.29, 0.717) is 11.6 Å². The lowest BCUT2D eigenvalue weighted by Crippen LogP contribution is -2.39. The van der Waals surface area contributed by atoms with Gasteiger partial charge in [-0.1, -0.05) is 12.8 Å². The largest absolute Gasteiger partial charge is 0.333 e. The molecule has 1 amide bonds. The van der Waals surface area contributed by atoms with Crippen LogP contribution in [0.5, 0.6) is 0 Å². The van der Waals surface area contributed by atoms with E-state index in [4.69, 9.17) is 0 Å². The van der Waals surface area contributed by atoms with Gasteiger partial charge in [-0.15, -0.1) is 0 Å². The van der Waals surface area contributed by atoms with Crippen molar-refractivity contribution in [2.24, 2.45) is 13.0 Å². The van der Waals surface area contributed by atoms with Crippen molar-refractivity contribution in [3.63, 3.8) is 0 Å². The Labute approximate surface area is 142 Å². The first kappa shape index (κ1) is 15.4. The molecule has 2 aromatic heterocycles. The van der Waals surface area contributed by atoms with E-state index in [-0.39, 0.29) is 11.9 Å². The summed E-state index contributed by atoms with van der Waals surface area (Å²) in [5.74, 6) is 1.62. The smallest absolute Gasteiger partial charge is 0.274 e. The Morgan fingerprint density at radius 1 is 1.21 bits per heavy atom. The maximum atomic E-state index is 13.2. The molecule has 0 bridgehead atoms. The lowest BCUT2D eigenvalue weighted by atomic mass is 9.95. The van der Waals surface area contributed by atoms with Crippen LogP contribution in [0.1, 0.15) is 60.2 Å². The van der Waals surface area contributed by atoms with E-state index in [1.54, 1.807) is 4.68 Å². The van der Waals surface area contributed by atoms with Crippen LogP contribution >= 0.6 is 0 Å². The van der Waals surface area contributed by atoms with Crippen LogP contribution in [0.25, 0.3) is 0 Å².